The molecular weight excluding hydrogens is 444 g/mol. The molecule has 0 radical (unpaired) electrons. The Morgan fingerprint density at radius 3 is 2.63 bits per heavy atom. The zero-order chi connectivity index (χ0) is 24.6. The minimum absolute atomic E-state index is 0.0106. The molecule has 2 saturated heterocycles. The number of carbonyl (C=O) groups excluding carboxylic acids is 1. The number of hydrogen-bond donors (Lipinski definition) is 2. The van der Waals surface area contributed by atoms with Gasteiger partial charge in [-0.25, -0.2) is 4.79 Å². The first kappa shape index (κ1) is 25.4. The molecule has 0 saturated carbocycles. The molecule has 2 aliphatic heterocycles. The summed E-state index contributed by atoms with van der Waals surface area (Å²) in [5, 5.41) is 12.2. The number of carbonyl (C=O) groups is 1. The van der Waals surface area contributed by atoms with E-state index in [1.807, 2.05) is 42.5 Å². The van der Waals surface area contributed by atoms with Gasteiger partial charge in [0.05, 0.1) is 18.8 Å². The Hall–Kier alpha value is -2.71. The van der Waals surface area contributed by atoms with Gasteiger partial charge in [-0.1, -0.05) is 62.4 Å². The summed E-state index contributed by atoms with van der Waals surface area (Å²) in [5.41, 5.74) is 3.38. The first-order chi connectivity index (χ1) is 17.1. The first-order valence-corrected chi connectivity index (χ1v) is 12.4. The largest absolute Gasteiger partial charge is 0.445 e. The van der Waals surface area contributed by atoms with Gasteiger partial charge in [0.1, 0.15) is 6.61 Å². The van der Waals surface area contributed by atoms with E-state index in [4.69, 9.17) is 14.2 Å². The smallest absolute Gasteiger partial charge is 0.411 e. The van der Waals surface area contributed by atoms with E-state index in [-0.39, 0.29) is 31.3 Å². The van der Waals surface area contributed by atoms with E-state index in [1.54, 1.807) is 6.07 Å². The molecule has 7 nitrogen and oxygen atoms in total. The maximum atomic E-state index is 12.0. The van der Waals surface area contributed by atoms with Crippen molar-refractivity contribution in [2.75, 3.05) is 31.6 Å². The molecule has 0 unspecified atom stereocenters. The Morgan fingerprint density at radius 1 is 1.14 bits per heavy atom. The van der Waals surface area contributed by atoms with Crippen LogP contribution in [0.15, 0.2) is 61.2 Å². The lowest BCUT2D eigenvalue weighted by Crippen LogP contribution is -2.45. The number of ether oxygens (including phenoxy) is 3. The molecule has 35 heavy (non-hydrogen) atoms. The van der Waals surface area contributed by atoms with Crippen LogP contribution in [0.5, 0.6) is 0 Å². The summed E-state index contributed by atoms with van der Waals surface area (Å²) in [6.45, 7) is 8.95. The lowest BCUT2D eigenvalue weighted by Gasteiger charge is -2.43. The Kier molecular flexibility index (Phi) is 8.93. The molecule has 0 aromatic heterocycles. The summed E-state index contributed by atoms with van der Waals surface area (Å²) < 4.78 is 18.1. The summed E-state index contributed by atoms with van der Waals surface area (Å²) in [6.07, 6.45) is 3.98. The fraction of sp³-hybridized carbons (Fsp3) is 0.464. The van der Waals surface area contributed by atoms with E-state index < -0.39 is 12.4 Å². The predicted octanol–water partition coefficient (Wildman–Crippen LogP) is 5.19. The Bertz CT molecular complexity index is 974. The van der Waals surface area contributed by atoms with Gasteiger partial charge in [0.15, 0.2) is 6.29 Å². The van der Waals surface area contributed by atoms with Crippen LogP contribution in [-0.2, 0) is 20.8 Å². The zero-order valence-electron chi connectivity index (χ0n) is 20.4. The van der Waals surface area contributed by atoms with Crippen molar-refractivity contribution in [2.24, 2.45) is 5.92 Å². The molecule has 4 atom stereocenters. The minimum Gasteiger partial charge on any atom is -0.445 e. The summed E-state index contributed by atoms with van der Waals surface area (Å²) in [7, 11) is 0. The molecule has 1 amide bonds. The molecular formula is C28H36N2O5. The number of rotatable bonds is 8. The fourth-order valence-electron chi connectivity index (χ4n) is 4.78. The highest BCUT2D eigenvalue weighted by Crippen LogP contribution is 2.42. The third-order valence-corrected chi connectivity index (χ3v) is 6.75. The Labute approximate surface area is 207 Å². The highest BCUT2D eigenvalue weighted by Gasteiger charge is 2.39. The Balaban J connectivity index is 1.56. The summed E-state index contributed by atoms with van der Waals surface area (Å²) >= 11 is 0. The topological polar surface area (TPSA) is 80.3 Å². The van der Waals surface area contributed by atoms with Gasteiger partial charge in [-0.15, -0.1) is 0 Å². The van der Waals surface area contributed by atoms with Gasteiger partial charge in [-0.3, -0.25) is 5.32 Å². The van der Waals surface area contributed by atoms with Crippen molar-refractivity contribution < 1.29 is 24.1 Å². The number of piperidine rings is 1. The van der Waals surface area contributed by atoms with Crippen LogP contribution in [0.4, 0.5) is 10.5 Å². The quantitative estimate of drug-likeness (QED) is 0.506. The number of hydrogen-bond acceptors (Lipinski definition) is 6. The van der Waals surface area contributed by atoms with Crippen molar-refractivity contribution in [1.29, 1.82) is 0 Å². The summed E-state index contributed by atoms with van der Waals surface area (Å²) in [4.78, 5) is 14.5. The number of amides is 1. The summed E-state index contributed by atoms with van der Waals surface area (Å²) in [5.74, 6) is 0.142. The van der Waals surface area contributed by atoms with Crippen molar-refractivity contribution in [3.8, 4) is 0 Å². The van der Waals surface area contributed by atoms with Gasteiger partial charge >= 0.3 is 6.09 Å². The minimum atomic E-state index is -0.575. The maximum absolute atomic E-state index is 12.0. The fourth-order valence-corrected chi connectivity index (χ4v) is 4.78. The van der Waals surface area contributed by atoms with Gasteiger partial charge in [0.25, 0.3) is 0 Å². The number of likely N-dealkylation sites (tertiary alicyclic amines) is 1. The van der Waals surface area contributed by atoms with Crippen LogP contribution in [0.3, 0.4) is 0 Å². The molecule has 2 fully saturated rings. The number of nitrogens with zero attached hydrogens (tertiary/aromatic N) is 1. The second kappa shape index (κ2) is 12.3. The molecule has 2 aliphatic rings. The Morgan fingerprint density at radius 2 is 1.91 bits per heavy atom. The van der Waals surface area contributed by atoms with E-state index in [1.165, 1.54) is 25.3 Å². The van der Waals surface area contributed by atoms with Crippen LogP contribution in [0.25, 0.3) is 0 Å². The third-order valence-electron chi connectivity index (χ3n) is 6.75. The van der Waals surface area contributed by atoms with Crippen molar-refractivity contribution in [2.45, 2.75) is 51.3 Å². The number of aliphatic hydroxyl groups is 1. The average molecular weight is 481 g/mol. The normalized spacial score (nSPS) is 25.1. The second-order valence-electron chi connectivity index (χ2n) is 9.32. The van der Waals surface area contributed by atoms with Gasteiger partial charge in [0.2, 0.25) is 0 Å². The highest BCUT2D eigenvalue weighted by molar-refractivity contribution is 5.84. The van der Waals surface area contributed by atoms with Crippen LogP contribution in [0.2, 0.25) is 0 Å². The van der Waals surface area contributed by atoms with Gasteiger partial charge in [-0.2, -0.15) is 0 Å². The van der Waals surface area contributed by atoms with Crippen LogP contribution in [-0.4, -0.2) is 48.4 Å². The molecule has 2 aromatic rings. The maximum Gasteiger partial charge on any atom is 0.411 e. The van der Waals surface area contributed by atoms with Crippen LogP contribution in [0.1, 0.15) is 55.3 Å². The molecule has 0 spiro atoms. The highest BCUT2D eigenvalue weighted by atomic mass is 16.7. The van der Waals surface area contributed by atoms with E-state index in [0.29, 0.717) is 5.69 Å². The summed E-state index contributed by atoms with van der Waals surface area (Å²) in [6, 6.07) is 15.4. The monoisotopic (exact) mass is 480 g/mol. The third kappa shape index (κ3) is 6.70. The second-order valence-corrected chi connectivity index (χ2v) is 9.32. The van der Waals surface area contributed by atoms with E-state index in [2.05, 4.69) is 23.7 Å². The van der Waals surface area contributed by atoms with Crippen molar-refractivity contribution in [3.05, 3.63) is 77.9 Å². The standard InChI is InChI=1S/C28H36N2O5/c1-3-16-33-28(32)29-24-9-7-8-23(17-24)27-34-25(18-30-14-5-4-6-15-30)20(2)26(35-27)22-12-10-21(19-31)11-13-22/h3,7-13,17,20,25-27,31H,1,4-6,14-16,18-19H2,2H3,(H,29,32)/t20-,25+,26+,27+/m1/s1. The van der Waals surface area contributed by atoms with Gasteiger partial charge < -0.3 is 24.2 Å². The van der Waals surface area contributed by atoms with E-state index in [9.17, 15) is 9.90 Å². The molecule has 2 aromatic carbocycles. The molecule has 4 rings (SSSR count). The van der Waals surface area contributed by atoms with Crippen molar-refractivity contribution >= 4 is 11.8 Å². The first-order valence-electron chi connectivity index (χ1n) is 12.4. The number of aliphatic hydroxyl groups excluding tert-OH is 1. The van der Waals surface area contributed by atoms with Crippen molar-refractivity contribution in [3.63, 3.8) is 0 Å². The molecule has 7 heteroatoms. The number of anilines is 1. The lowest BCUT2D eigenvalue weighted by atomic mass is 9.89. The molecule has 0 bridgehead atoms. The van der Waals surface area contributed by atoms with Crippen molar-refractivity contribution in [1.82, 2.24) is 4.90 Å². The van der Waals surface area contributed by atoms with Crippen LogP contribution < -0.4 is 5.32 Å². The predicted molar refractivity (Wildman–Crippen MR) is 135 cm³/mol. The molecule has 2 N–H and O–H groups in total. The SMILES string of the molecule is C=CCOC(=O)Nc1cccc([C@H]2O[C@@H](CN3CCCCC3)[C@@H](C)[C@@H](c3ccc(CO)cc3)O2)c1. The van der Waals surface area contributed by atoms with Gasteiger partial charge in [-0.05, 0) is 49.2 Å². The van der Waals surface area contributed by atoms with Crippen LogP contribution >= 0.6 is 0 Å². The molecule has 0 aliphatic carbocycles. The van der Waals surface area contributed by atoms with E-state index >= 15 is 0 Å². The zero-order valence-corrected chi connectivity index (χ0v) is 20.4. The van der Waals surface area contributed by atoms with Crippen LogP contribution in [0, 0.1) is 5.92 Å². The average Bonchev–Trinajstić information content (AvgIpc) is 2.89. The molecule has 188 valence electrons. The number of benzene rings is 2. The lowest BCUT2D eigenvalue weighted by molar-refractivity contribution is -0.276. The van der Waals surface area contributed by atoms with Gasteiger partial charge in [0, 0.05) is 23.7 Å². The molecule has 2 heterocycles. The van der Waals surface area contributed by atoms with E-state index in [0.717, 1.165) is 36.3 Å². The number of nitrogens with one attached hydrogen (secondary N) is 1.